The Bertz CT molecular complexity index is 346. The number of alkyl halides is 2. The van der Waals surface area contributed by atoms with Gasteiger partial charge in [-0.2, -0.15) is 5.26 Å². The maximum atomic E-state index is 11.7. The molecule has 0 heterocycles. The zero-order valence-corrected chi connectivity index (χ0v) is 8.53. The van der Waals surface area contributed by atoms with Crippen molar-refractivity contribution < 1.29 is 18.3 Å². The Labute approximate surface area is 92.2 Å². The fourth-order valence-electron chi connectivity index (χ4n) is 1.02. The molecule has 3 nitrogen and oxygen atoms in total. The molecule has 0 aliphatic carbocycles. The van der Waals surface area contributed by atoms with Crippen LogP contribution in [0.15, 0.2) is 24.3 Å². The molecule has 0 amide bonds. The number of benzene rings is 1. The summed E-state index contributed by atoms with van der Waals surface area (Å²) in [5.41, 5.74) is 0.543. The number of halogens is 2. The highest BCUT2D eigenvalue weighted by Crippen LogP contribution is 2.11. The SMILES string of the molecule is N#Cc1ccc(OCCOCC(F)F)cc1. The summed E-state index contributed by atoms with van der Waals surface area (Å²) >= 11 is 0. The number of hydrogen-bond acceptors (Lipinski definition) is 3. The summed E-state index contributed by atoms with van der Waals surface area (Å²) in [5, 5.41) is 8.54. The third kappa shape index (κ3) is 4.71. The molecule has 0 spiro atoms. The molecular weight excluding hydrogens is 216 g/mol. The van der Waals surface area contributed by atoms with Crippen LogP contribution in [-0.4, -0.2) is 26.2 Å². The van der Waals surface area contributed by atoms with Gasteiger partial charge in [-0.25, -0.2) is 8.78 Å². The number of ether oxygens (including phenoxy) is 2. The summed E-state index contributed by atoms with van der Waals surface area (Å²) in [6, 6.07) is 8.51. The highest BCUT2D eigenvalue weighted by molar-refractivity contribution is 5.34. The minimum Gasteiger partial charge on any atom is -0.491 e. The van der Waals surface area contributed by atoms with Gasteiger partial charge in [0, 0.05) is 0 Å². The molecule has 1 aromatic carbocycles. The van der Waals surface area contributed by atoms with E-state index in [1.165, 1.54) is 0 Å². The smallest absolute Gasteiger partial charge is 0.261 e. The monoisotopic (exact) mass is 227 g/mol. The summed E-state index contributed by atoms with van der Waals surface area (Å²) in [6.45, 7) is -0.250. The molecule has 1 aromatic rings. The van der Waals surface area contributed by atoms with Gasteiger partial charge in [-0.1, -0.05) is 0 Å². The molecule has 5 heteroatoms. The Morgan fingerprint density at radius 2 is 1.88 bits per heavy atom. The van der Waals surface area contributed by atoms with E-state index in [1.807, 2.05) is 6.07 Å². The average molecular weight is 227 g/mol. The standard InChI is InChI=1S/C11H11F2NO2/c12-11(13)8-15-5-6-16-10-3-1-9(7-14)2-4-10/h1-4,11H,5-6,8H2. The number of hydrogen-bond donors (Lipinski definition) is 0. The lowest BCUT2D eigenvalue weighted by Gasteiger charge is -2.06. The minimum absolute atomic E-state index is 0.115. The molecule has 0 aromatic heterocycles. The van der Waals surface area contributed by atoms with Crippen molar-refractivity contribution in [2.45, 2.75) is 6.43 Å². The van der Waals surface area contributed by atoms with E-state index >= 15 is 0 Å². The fourth-order valence-corrected chi connectivity index (χ4v) is 1.02. The van der Waals surface area contributed by atoms with E-state index in [-0.39, 0.29) is 13.2 Å². The van der Waals surface area contributed by atoms with Crippen LogP contribution in [0.5, 0.6) is 5.75 Å². The lowest BCUT2D eigenvalue weighted by Crippen LogP contribution is -2.11. The Morgan fingerprint density at radius 3 is 2.44 bits per heavy atom. The van der Waals surface area contributed by atoms with Crippen LogP contribution in [0.3, 0.4) is 0 Å². The van der Waals surface area contributed by atoms with E-state index in [2.05, 4.69) is 4.74 Å². The lowest BCUT2D eigenvalue weighted by atomic mass is 10.2. The van der Waals surface area contributed by atoms with Crippen molar-refractivity contribution in [3.05, 3.63) is 29.8 Å². The third-order valence-corrected chi connectivity index (χ3v) is 1.72. The van der Waals surface area contributed by atoms with Crippen LogP contribution < -0.4 is 4.74 Å². The van der Waals surface area contributed by atoms with E-state index in [0.717, 1.165) is 0 Å². The van der Waals surface area contributed by atoms with Crippen molar-refractivity contribution in [3.8, 4) is 11.8 Å². The van der Waals surface area contributed by atoms with Crippen molar-refractivity contribution in [1.29, 1.82) is 5.26 Å². The Hall–Kier alpha value is -1.67. The predicted octanol–water partition coefficient (Wildman–Crippen LogP) is 2.22. The molecule has 16 heavy (non-hydrogen) atoms. The third-order valence-electron chi connectivity index (χ3n) is 1.72. The van der Waals surface area contributed by atoms with Gasteiger partial charge in [0.2, 0.25) is 0 Å². The molecular formula is C11H11F2NO2. The van der Waals surface area contributed by atoms with Crippen LogP contribution in [-0.2, 0) is 4.74 Å². The summed E-state index contributed by atoms with van der Waals surface area (Å²) in [4.78, 5) is 0. The van der Waals surface area contributed by atoms with Gasteiger partial charge in [0.1, 0.15) is 19.0 Å². The molecule has 0 saturated heterocycles. The van der Waals surface area contributed by atoms with E-state index in [0.29, 0.717) is 11.3 Å². The highest BCUT2D eigenvalue weighted by atomic mass is 19.3. The number of nitrogens with zero attached hydrogens (tertiary/aromatic N) is 1. The van der Waals surface area contributed by atoms with Crippen LogP contribution in [0.2, 0.25) is 0 Å². The first-order valence-electron chi connectivity index (χ1n) is 4.71. The molecule has 0 radical (unpaired) electrons. The van der Waals surface area contributed by atoms with E-state index < -0.39 is 13.0 Å². The average Bonchev–Trinajstić information content (AvgIpc) is 2.29. The second-order valence-corrected chi connectivity index (χ2v) is 2.95. The number of nitriles is 1. The maximum Gasteiger partial charge on any atom is 0.261 e. The lowest BCUT2D eigenvalue weighted by molar-refractivity contribution is 0.00763. The van der Waals surface area contributed by atoms with Gasteiger partial charge in [-0.3, -0.25) is 0 Å². The molecule has 0 atom stereocenters. The van der Waals surface area contributed by atoms with Crippen molar-refractivity contribution in [2.75, 3.05) is 19.8 Å². The quantitative estimate of drug-likeness (QED) is 0.700. The first-order valence-corrected chi connectivity index (χ1v) is 4.71. The molecule has 0 aliphatic rings. The summed E-state index contributed by atoms with van der Waals surface area (Å²) in [6.07, 6.45) is -2.45. The molecule has 0 N–H and O–H groups in total. The van der Waals surface area contributed by atoms with Gasteiger partial charge in [0.25, 0.3) is 6.43 Å². The molecule has 0 fully saturated rings. The van der Waals surface area contributed by atoms with E-state index in [9.17, 15) is 8.78 Å². The normalized spacial score (nSPS) is 10.1. The van der Waals surface area contributed by atoms with E-state index in [1.54, 1.807) is 24.3 Å². The first kappa shape index (κ1) is 12.4. The van der Waals surface area contributed by atoms with Gasteiger partial charge >= 0.3 is 0 Å². The zero-order valence-electron chi connectivity index (χ0n) is 8.53. The molecule has 86 valence electrons. The molecule has 1 rings (SSSR count). The molecule has 0 bridgehead atoms. The maximum absolute atomic E-state index is 11.7. The Kier molecular flexibility index (Phi) is 5.23. The minimum atomic E-state index is -2.45. The van der Waals surface area contributed by atoms with Gasteiger partial charge in [0.05, 0.1) is 18.2 Å². The summed E-state index contributed by atoms with van der Waals surface area (Å²) < 4.78 is 33.2. The Morgan fingerprint density at radius 1 is 1.19 bits per heavy atom. The number of rotatable bonds is 6. The van der Waals surface area contributed by atoms with Gasteiger partial charge < -0.3 is 9.47 Å². The topological polar surface area (TPSA) is 42.2 Å². The van der Waals surface area contributed by atoms with Crippen LogP contribution in [0.1, 0.15) is 5.56 Å². The van der Waals surface area contributed by atoms with Crippen LogP contribution in [0, 0.1) is 11.3 Å². The van der Waals surface area contributed by atoms with Crippen molar-refractivity contribution in [1.82, 2.24) is 0 Å². The van der Waals surface area contributed by atoms with Crippen molar-refractivity contribution in [3.63, 3.8) is 0 Å². The van der Waals surface area contributed by atoms with Crippen molar-refractivity contribution in [2.24, 2.45) is 0 Å². The van der Waals surface area contributed by atoms with Crippen LogP contribution in [0.4, 0.5) is 8.78 Å². The first-order chi connectivity index (χ1) is 7.72. The van der Waals surface area contributed by atoms with Gasteiger partial charge in [-0.05, 0) is 24.3 Å². The summed E-state index contributed by atoms with van der Waals surface area (Å²) in [7, 11) is 0. The second kappa shape index (κ2) is 6.75. The Balaban J connectivity index is 2.20. The van der Waals surface area contributed by atoms with Crippen molar-refractivity contribution >= 4 is 0 Å². The molecule has 0 unspecified atom stereocenters. The molecule has 0 aliphatic heterocycles. The fraction of sp³-hybridized carbons (Fsp3) is 0.364. The van der Waals surface area contributed by atoms with Crippen LogP contribution in [0.25, 0.3) is 0 Å². The van der Waals surface area contributed by atoms with Gasteiger partial charge in [-0.15, -0.1) is 0 Å². The van der Waals surface area contributed by atoms with E-state index in [4.69, 9.17) is 10.00 Å². The van der Waals surface area contributed by atoms with Gasteiger partial charge in [0.15, 0.2) is 0 Å². The largest absolute Gasteiger partial charge is 0.491 e. The highest BCUT2D eigenvalue weighted by Gasteiger charge is 2.01. The summed E-state index contributed by atoms with van der Waals surface area (Å²) in [5.74, 6) is 0.583. The zero-order chi connectivity index (χ0) is 11.8. The second-order valence-electron chi connectivity index (χ2n) is 2.95. The van der Waals surface area contributed by atoms with Crippen LogP contribution >= 0.6 is 0 Å². The molecule has 0 saturated carbocycles. The predicted molar refractivity (Wildman–Crippen MR) is 53.5 cm³/mol.